The number of carbonyl (C=O) groups excluding carboxylic acids is 2. The SMILES string of the molecule is CC(C)OC(=O)Nc1ccc(-c2sc(C3CCC(NC(=O)OC(C)C)CC3)nc2CF)c(S(=O)(=O)NC(C)(C)C)c1. The van der Waals surface area contributed by atoms with Crippen molar-refractivity contribution in [2.75, 3.05) is 5.32 Å². The van der Waals surface area contributed by atoms with Crippen molar-refractivity contribution < 1.29 is 31.9 Å². The summed E-state index contributed by atoms with van der Waals surface area (Å²) < 4.78 is 54.3. The van der Waals surface area contributed by atoms with E-state index in [-0.39, 0.29) is 40.4 Å². The first kappa shape index (κ1) is 32.7. The Kier molecular flexibility index (Phi) is 10.8. The second-order valence-corrected chi connectivity index (χ2v) is 14.4. The van der Waals surface area contributed by atoms with Gasteiger partial charge in [0, 0.05) is 28.7 Å². The van der Waals surface area contributed by atoms with Gasteiger partial charge in [-0.3, -0.25) is 5.32 Å². The number of alkyl carbamates (subject to hydrolysis) is 1. The van der Waals surface area contributed by atoms with Crippen LogP contribution >= 0.6 is 11.3 Å². The molecule has 0 aliphatic heterocycles. The van der Waals surface area contributed by atoms with Crippen molar-refractivity contribution >= 4 is 39.2 Å². The number of aromatic nitrogens is 1. The van der Waals surface area contributed by atoms with Crippen molar-refractivity contribution in [3.05, 3.63) is 28.9 Å². The summed E-state index contributed by atoms with van der Waals surface area (Å²) in [6.07, 6.45) is 1.21. The summed E-state index contributed by atoms with van der Waals surface area (Å²) >= 11 is 1.28. The van der Waals surface area contributed by atoms with Gasteiger partial charge in [-0.1, -0.05) is 6.07 Å². The molecule has 1 aromatic carbocycles. The third kappa shape index (κ3) is 9.37. The molecule has 1 saturated carbocycles. The maximum Gasteiger partial charge on any atom is 0.411 e. The normalized spacial score (nSPS) is 17.9. The van der Waals surface area contributed by atoms with Gasteiger partial charge in [0.15, 0.2) is 0 Å². The number of nitrogens with one attached hydrogen (secondary N) is 3. The van der Waals surface area contributed by atoms with Gasteiger partial charge in [0.1, 0.15) is 6.67 Å². The van der Waals surface area contributed by atoms with E-state index in [4.69, 9.17) is 9.47 Å². The summed E-state index contributed by atoms with van der Waals surface area (Å²) in [5.74, 6) is 0.0534. The molecular weight excluding hydrogens is 571 g/mol. The van der Waals surface area contributed by atoms with Crippen molar-refractivity contribution in [3.63, 3.8) is 0 Å². The van der Waals surface area contributed by atoms with Crippen molar-refractivity contribution in [1.82, 2.24) is 15.0 Å². The maximum atomic E-state index is 14.3. The number of alkyl halides is 1. The van der Waals surface area contributed by atoms with Crippen LogP contribution in [0.5, 0.6) is 0 Å². The van der Waals surface area contributed by atoms with Crippen molar-refractivity contribution in [2.24, 2.45) is 0 Å². The highest BCUT2D eigenvalue weighted by molar-refractivity contribution is 7.89. The Morgan fingerprint density at radius 2 is 1.66 bits per heavy atom. The Bertz CT molecular complexity index is 1330. The minimum Gasteiger partial charge on any atom is -0.447 e. The number of halogens is 1. The van der Waals surface area contributed by atoms with E-state index in [0.717, 1.165) is 30.7 Å². The van der Waals surface area contributed by atoms with Crippen molar-refractivity contribution in [1.29, 1.82) is 0 Å². The molecule has 228 valence electrons. The number of anilines is 1. The van der Waals surface area contributed by atoms with Crippen LogP contribution in [0.15, 0.2) is 23.1 Å². The van der Waals surface area contributed by atoms with Crippen molar-refractivity contribution in [3.8, 4) is 10.4 Å². The van der Waals surface area contributed by atoms with E-state index < -0.39 is 34.4 Å². The summed E-state index contributed by atoms with van der Waals surface area (Å²) in [6.45, 7) is 11.3. The molecule has 0 atom stereocenters. The zero-order valence-electron chi connectivity index (χ0n) is 24.7. The van der Waals surface area contributed by atoms with Gasteiger partial charge < -0.3 is 14.8 Å². The zero-order chi connectivity index (χ0) is 30.5. The summed E-state index contributed by atoms with van der Waals surface area (Å²) in [6, 6.07) is 4.45. The minimum atomic E-state index is -4.08. The Morgan fingerprint density at radius 1 is 1.05 bits per heavy atom. The zero-order valence-corrected chi connectivity index (χ0v) is 26.3. The molecule has 10 nitrogen and oxygen atoms in total. The largest absolute Gasteiger partial charge is 0.447 e. The number of sulfonamides is 1. The molecule has 3 rings (SSSR count). The third-order valence-electron chi connectivity index (χ3n) is 6.13. The second kappa shape index (κ2) is 13.5. The number of thiazole rings is 1. The summed E-state index contributed by atoms with van der Waals surface area (Å²) in [7, 11) is -4.08. The predicted octanol–water partition coefficient (Wildman–Crippen LogP) is 6.47. The molecule has 1 aromatic heterocycles. The molecule has 0 spiro atoms. The first-order valence-corrected chi connectivity index (χ1v) is 16.1. The Morgan fingerprint density at radius 3 is 2.22 bits per heavy atom. The Hall–Kier alpha value is -2.77. The average Bonchev–Trinajstić information content (AvgIpc) is 3.26. The smallest absolute Gasteiger partial charge is 0.411 e. The third-order valence-corrected chi connectivity index (χ3v) is 9.22. The van der Waals surface area contributed by atoms with Gasteiger partial charge in [-0.15, -0.1) is 11.3 Å². The quantitative estimate of drug-likeness (QED) is 0.295. The Balaban J connectivity index is 1.92. The number of amides is 2. The van der Waals surface area contributed by atoms with E-state index in [1.165, 1.54) is 17.4 Å². The van der Waals surface area contributed by atoms with Crippen LogP contribution in [-0.4, -0.2) is 49.4 Å². The number of nitrogens with zero attached hydrogens (tertiary/aromatic N) is 1. The monoisotopic (exact) mass is 612 g/mol. The molecule has 1 heterocycles. The molecule has 0 radical (unpaired) electrons. The second-order valence-electron chi connectivity index (χ2n) is 11.8. The van der Waals surface area contributed by atoms with E-state index in [0.29, 0.717) is 10.4 Å². The van der Waals surface area contributed by atoms with E-state index >= 15 is 0 Å². The molecule has 13 heteroatoms. The van der Waals surface area contributed by atoms with Gasteiger partial charge in [0.2, 0.25) is 10.0 Å². The average molecular weight is 613 g/mol. The highest BCUT2D eigenvalue weighted by atomic mass is 32.2. The van der Waals surface area contributed by atoms with Crippen LogP contribution < -0.4 is 15.4 Å². The van der Waals surface area contributed by atoms with Crippen LogP contribution in [0.1, 0.15) is 90.8 Å². The molecule has 1 aliphatic carbocycles. The van der Waals surface area contributed by atoms with E-state index in [2.05, 4.69) is 20.3 Å². The van der Waals surface area contributed by atoms with Crippen LogP contribution in [0.3, 0.4) is 0 Å². The summed E-state index contributed by atoms with van der Waals surface area (Å²) in [5.41, 5.74) is -0.0979. The summed E-state index contributed by atoms with van der Waals surface area (Å²) in [4.78, 5) is 29.1. The van der Waals surface area contributed by atoms with Crippen LogP contribution in [-0.2, 0) is 26.2 Å². The highest BCUT2D eigenvalue weighted by Crippen LogP contribution is 2.42. The molecule has 0 bridgehead atoms. The lowest BCUT2D eigenvalue weighted by atomic mass is 9.86. The lowest BCUT2D eigenvalue weighted by molar-refractivity contribution is 0.109. The predicted molar refractivity (Wildman–Crippen MR) is 157 cm³/mol. The number of hydrogen-bond donors (Lipinski definition) is 3. The van der Waals surface area contributed by atoms with Crippen LogP contribution in [0.25, 0.3) is 10.4 Å². The molecule has 0 saturated heterocycles. The topological polar surface area (TPSA) is 136 Å². The highest BCUT2D eigenvalue weighted by Gasteiger charge is 2.31. The molecule has 2 aromatic rings. The fourth-order valence-electron chi connectivity index (χ4n) is 4.57. The molecule has 1 aliphatic rings. The van der Waals surface area contributed by atoms with Gasteiger partial charge in [-0.25, -0.2) is 32.1 Å². The number of hydrogen-bond acceptors (Lipinski definition) is 8. The number of benzene rings is 1. The molecule has 3 N–H and O–H groups in total. The van der Waals surface area contributed by atoms with Crippen LogP contribution in [0, 0.1) is 0 Å². The number of rotatable bonds is 9. The summed E-state index contributed by atoms with van der Waals surface area (Å²) in [5, 5.41) is 6.19. The first-order chi connectivity index (χ1) is 19.1. The standard InChI is InChI=1S/C28H41FN4O6S2/c1-16(2)38-26(34)30-19-10-8-18(9-11-19)25-32-22(15-29)24(40-25)21-13-12-20(31-27(35)39-17(3)4)14-23(21)41(36,37)33-28(5,6)7/h12-14,16-19,33H,8-11,15H2,1-7H3,(H,30,34)(H,31,35). The fraction of sp³-hybridized carbons (Fsp3) is 0.607. The van der Waals surface area contributed by atoms with E-state index in [9.17, 15) is 22.4 Å². The number of ether oxygens (including phenoxy) is 2. The van der Waals surface area contributed by atoms with Gasteiger partial charge in [-0.2, -0.15) is 0 Å². The van der Waals surface area contributed by atoms with Crippen LogP contribution in [0.4, 0.5) is 19.7 Å². The van der Waals surface area contributed by atoms with E-state index in [1.54, 1.807) is 60.6 Å². The van der Waals surface area contributed by atoms with Gasteiger partial charge >= 0.3 is 12.2 Å². The first-order valence-electron chi connectivity index (χ1n) is 13.8. The lowest BCUT2D eigenvalue weighted by Gasteiger charge is -2.28. The van der Waals surface area contributed by atoms with Crippen molar-refractivity contribution in [2.45, 2.75) is 115 Å². The van der Waals surface area contributed by atoms with Gasteiger partial charge in [-0.05, 0) is 86.3 Å². The van der Waals surface area contributed by atoms with E-state index in [1.807, 2.05) is 0 Å². The van der Waals surface area contributed by atoms with Gasteiger partial charge in [0.25, 0.3) is 0 Å². The molecular formula is C28H41FN4O6S2. The minimum absolute atomic E-state index is 0.0137. The Labute approximate surface area is 245 Å². The van der Waals surface area contributed by atoms with Gasteiger partial charge in [0.05, 0.1) is 32.7 Å². The molecule has 41 heavy (non-hydrogen) atoms. The number of carbonyl (C=O) groups is 2. The molecule has 2 amide bonds. The lowest BCUT2D eigenvalue weighted by Crippen LogP contribution is -2.40. The molecule has 0 unspecified atom stereocenters. The molecule has 1 fully saturated rings. The maximum absolute atomic E-state index is 14.3. The fourth-order valence-corrected chi connectivity index (χ4v) is 7.57. The van der Waals surface area contributed by atoms with Crippen LogP contribution in [0.2, 0.25) is 0 Å².